The molecular weight excluding hydrogens is 468 g/mol. The highest BCUT2D eigenvalue weighted by atomic mass is 16.5. The number of hydrogen-bond donors (Lipinski definition) is 1. The van der Waals surface area contributed by atoms with E-state index in [0.717, 1.165) is 78.0 Å². The first-order chi connectivity index (χ1) is 18.1. The lowest BCUT2D eigenvalue weighted by Crippen LogP contribution is -2.10. The number of ether oxygens (including phenoxy) is 2. The van der Waals surface area contributed by atoms with Gasteiger partial charge in [0.1, 0.15) is 5.82 Å². The van der Waals surface area contributed by atoms with Gasteiger partial charge in [0, 0.05) is 31.3 Å². The second-order valence-electron chi connectivity index (χ2n) is 9.02. The minimum atomic E-state index is -0.573. The maximum atomic E-state index is 11.5. The lowest BCUT2D eigenvalue weighted by atomic mass is 9.96. The van der Waals surface area contributed by atoms with Crippen LogP contribution in [0.5, 0.6) is 5.88 Å². The monoisotopic (exact) mass is 502 g/mol. The predicted molar refractivity (Wildman–Crippen MR) is 143 cm³/mol. The summed E-state index contributed by atoms with van der Waals surface area (Å²) in [5.41, 5.74) is 6.04. The number of nitrogens with one attached hydrogen (secondary N) is 1. The van der Waals surface area contributed by atoms with Crippen LogP contribution < -0.4 is 10.5 Å². The van der Waals surface area contributed by atoms with Crippen LogP contribution in [0, 0.1) is 6.92 Å². The molecule has 0 atom stereocenters. The Morgan fingerprint density at radius 1 is 0.946 bits per heavy atom. The highest BCUT2D eigenvalue weighted by Gasteiger charge is 2.16. The number of hydrogen-bond acceptors (Lipinski definition) is 7. The number of methoxy groups -OCH3 is 1. The molecule has 37 heavy (non-hydrogen) atoms. The van der Waals surface area contributed by atoms with Crippen LogP contribution in [0.15, 0.2) is 57.8 Å². The van der Waals surface area contributed by atoms with Crippen LogP contribution in [-0.4, -0.2) is 40.4 Å². The molecule has 0 aliphatic rings. The van der Waals surface area contributed by atoms with E-state index in [1.165, 1.54) is 0 Å². The highest BCUT2D eigenvalue weighted by molar-refractivity contribution is 5.80. The molecule has 0 saturated heterocycles. The van der Waals surface area contributed by atoms with Crippen LogP contribution in [0.3, 0.4) is 0 Å². The van der Waals surface area contributed by atoms with Crippen molar-refractivity contribution in [3.05, 3.63) is 81.7 Å². The van der Waals surface area contributed by atoms with E-state index < -0.39 is 5.76 Å². The summed E-state index contributed by atoms with van der Waals surface area (Å²) < 4.78 is 16.0. The molecular formula is C29H34N4O4. The third-order valence-corrected chi connectivity index (χ3v) is 6.18. The van der Waals surface area contributed by atoms with Crippen molar-refractivity contribution in [2.75, 3.05) is 20.3 Å². The number of rotatable bonds is 13. The van der Waals surface area contributed by atoms with E-state index in [2.05, 4.69) is 46.3 Å². The van der Waals surface area contributed by atoms with Gasteiger partial charge in [0.05, 0.1) is 12.3 Å². The summed E-state index contributed by atoms with van der Waals surface area (Å²) in [4.78, 5) is 23.6. The van der Waals surface area contributed by atoms with E-state index in [1.807, 2.05) is 31.2 Å². The van der Waals surface area contributed by atoms with Gasteiger partial charge < -0.3 is 9.47 Å². The molecule has 2 aromatic carbocycles. The Balaban J connectivity index is 1.59. The molecule has 0 amide bonds. The topological polar surface area (TPSA) is 103 Å². The zero-order valence-corrected chi connectivity index (χ0v) is 21.8. The summed E-state index contributed by atoms with van der Waals surface area (Å²) in [6, 6.07) is 16.2. The van der Waals surface area contributed by atoms with Crippen molar-refractivity contribution in [1.82, 2.24) is 20.1 Å². The Labute approximate surface area is 217 Å². The third-order valence-electron chi connectivity index (χ3n) is 6.18. The minimum absolute atomic E-state index is 0.411. The zero-order chi connectivity index (χ0) is 26.0. The van der Waals surface area contributed by atoms with Gasteiger partial charge in [-0.3, -0.25) is 9.51 Å². The second-order valence-corrected chi connectivity index (χ2v) is 9.02. The molecule has 0 bridgehead atoms. The summed E-state index contributed by atoms with van der Waals surface area (Å²) >= 11 is 0. The average Bonchev–Trinajstić information content (AvgIpc) is 3.35. The number of aryl methyl sites for hydroxylation is 2. The predicted octanol–water partition coefficient (Wildman–Crippen LogP) is 5.53. The quantitative estimate of drug-likeness (QED) is 0.240. The van der Waals surface area contributed by atoms with Crippen molar-refractivity contribution in [2.24, 2.45) is 0 Å². The molecule has 2 aromatic heterocycles. The fourth-order valence-electron chi connectivity index (χ4n) is 4.28. The summed E-state index contributed by atoms with van der Waals surface area (Å²) in [7, 11) is 1.71. The normalized spacial score (nSPS) is 11.1. The van der Waals surface area contributed by atoms with Crippen LogP contribution in [0.25, 0.3) is 22.5 Å². The molecule has 0 spiro atoms. The van der Waals surface area contributed by atoms with Crippen molar-refractivity contribution in [2.45, 2.75) is 52.4 Å². The molecule has 8 nitrogen and oxygen atoms in total. The van der Waals surface area contributed by atoms with Gasteiger partial charge in [0.25, 0.3) is 0 Å². The van der Waals surface area contributed by atoms with Gasteiger partial charge >= 0.3 is 5.76 Å². The van der Waals surface area contributed by atoms with Crippen molar-refractivity contribution >= 4 is 0 Å². The molecule has 0 fully saturated rings. The SMILES string of the molecule is CCCCc1nc(C)nc(OCCCCOC)c1Cc1ccc(-c2ccccc2-c2noc(=O)[nH]2)cc1. The van der Waals surface area contributed by atoms with Gasteiger partial charge in [0.2, 0.25) is 5.88 Å². The maximum Gasteiger partial charge on any atom is 0.439 e. The average molecular weight is 503 g/mol. The number of aromatic amines is 1. The van der Waals surface area contributed by atoms with Crippen molar-refractivity contribution < 1.29 is 14.0 Å². The summed E-state index contributed by atoms with van der Waals surface area (Å²) in [5, 5.41) is 3.86. The van der Waals surface area contributed by atoms with Gasteiger partial charge in [-0.25, -0.2) is 9.78 Å². The molecule has 194 valence electrons. The van der Waals surface area contributed by atoms with Crippen LogP contribution in [-0.2, 0) is 17.6 Å². The lowest BCUT2D eigenvalue weighted by molar-refractivity contribution is 0.183. The molecule has 1 N–H and O–H groups in total. The molecule has 0 aliphatic carbocycles. The van der Waals surface area contributed by atoms with Crippen LogP contribution in [0.2, 0.25) is 0 Å². The first kappa shape index (κ1) is 26.3. The van der Waals surface area contributed by atoms with E-state index in [9.17, 15) is 4.79 Å². The Kier molecular flexibility index (Phi) is 9.21. The Hall–Kier alpha value is -3.78. The van der Waals surface area contributed by atoms with Crippen molar-refractivity contribution in [1.29, 1.82) is 0 Å². The van der Waals surface area contributed by atoms with Gasteiger partial charge in [0.15, 0.2) is 5.82 Å². The Morgan fingerprint density at radius 3 is 2.41 bits per heavy atom. The number of aromatic nitrogens is 4. The molecule has 0 saturated carbocycles. The van der Waals surface area contributed by atoms with Crippen molar-refractivity contribution in [3.8, 4) is 28.4 Å². The third kappa shape index (κ3) is 6.92. The Bertz CT molecular complexity index is 1340. The standard InChI is InChI=1S/C29H34N4O4/c1-4-5-12-26-25(28(31-20(2)30-26)36-18-9-8-17-35-3)19-21-13-15-22(16-14-21)23-10-6-7-11-24(23)27-32-29(34)37-33-27/h6-7,10-11,13-16H,4-5,8-9,12,17-19H2,1-3H3,(H,32,33,34). The fourth-order valence-corrected chi connectivity index (χ4v) is 4.28. The summed E-state index contributed by atoms with van der Waals surface area (Å²) in [6.45, 7) is 5.43. The van der Waals surface area contributed by atoms with Crippen LogP contribution >= 0.6 is 0 Å². The Morgan fingerprint density at radius 2 is 1.70 bits per heavy atom. The molecule has 4 rings (SSSR count). The van der Waals surface area contributed by atoms with E-state index in [-0.39, 0.29) is 0 Å². The largest absolute Gasteiger partial charge is 0.477 e. The van der Waals surface area contributed by atoms with Gasteiger partial charge in [-0.15, -0.1) is 0 Å². The number of nitrogens with zero attached hydrogens (tertiary/aromatic N) is 3. The highest BCUT2D eigenvalue weighted by Crippen LogP contribution is 2.31. The van der Waals surface area contributed by atoms with Crippen LogP contribution in [0.4, 0.5) is 0 Å². The van der Waals surface area contributed by atoms with E-state index >= 15 is 0 Å². The maximum absolute atomic E-state index is 11.5. The molecule has 2 heterocycles. The van der Waals surface area contributed by atoms with E-state index in [1.54, 1.807) is 7.11 Å². The second kappa shape index (κ2) is 13.0. The van der Waals surface area contributed by atoms with Crippen molar-refractivity contribution in [3.63, 3.8) is 0 Å². The van der Waals surface area contributed by atoms with Gasteiger partial charge in [-0.05, 0) is 49.3 Å². The first-order valence-corrected chi connectivity index (χ1v) is 12.8. The molecule has 0 aliphatic heterocycles. The number of unbranched alkanes of at least 4 members (excludes halogenated alkanes) is 2. The fraction of sp³-hybridized carbons (Fsp3) is 0.379. The van der Waals surface area contributed by atoms with Gasteiger partial charge in [-0.1, -0.05) is 67.0 Å². The van der Waals surface area contributed by atoms with E-state index in [4.69, 9.17) is 19.0 Å². The smallest absolute Gasteiger partial charge is 0.439 e. The zero-order valence-electron chi connectivity index (χ0n) is 21.8. The number of benzene rings is 2. The first-order valence-electron chi connectivity index (χ1n) is 12.8. The van der Waals surface area contributed by atoms with Crippen LogP contribution in [0.1, 0.15) is 55.3 Å². The lowest BCUT2D eigenvalue weighted by Gasteiger charge is -2.16. The molecule has 0 unspecified atom stereocenters. The molecule has 4 aromatic rings. The minimum Gasteiger partial charge on any atom is -0.477 e. The number of H-pyrrole nitrogens is 1. The summed E-state index contributed by atoms with van der Waals surface area (Å²) in [5.74, 6) is 1.26. The van der Waals surface area contributed by atoms with Gasteiger partial charge in [-0.2, -0.15) is 4.98 Å². The molecule has 0 radical (unpaired) electrons. The van der Waals surface area contributed by atoms with E-state index in [0.29, 0.717) is 24.7 Å². The summed E-state index contributed by atoms with van der Waals surface area (Å²) in [6.07, 6.45) is 5.61. The molecule has 8 heteroatoms.